The molecule has 0 atom stereocenters. The molecule has 0 spiro atoms. The van der Waals surface area contributed by atoms with E-state index in [1.165, 1.54) is 18.2 Å². The van der Waals surface area contributed by atoms with Crippen molar-refractivity contribution in [1.29, 1.82) is 0 Å². The average molecular weight is 278 g/mol. The average Bonchev–Trinajstić information content (AvgIpc) is 2.71. The van der Waals surface area contributed by atoms with Gasteiger partial charge in [-0.3, -0.25) is 0 Å². The number of fused-ring (bicyclic) bond motifs is 1. The SMILES string of the molecule is Oc1ccc2[nH]c(Cl)nc(Nc3cccc(F)c3)c1-2. The number of nitrogens with one attached hydrogen (secondary N) is 2. The lowest BCUT2D eigenvalue weighted by Gasteiger charge is -2.11. The first kappa shape index (κ1) is 11.8. The Morgan fingerprint density at radius 1 is 1.26 bits per heavy atom. The fourth-order valence-electron chi connectivity index (χ4n) is 1.91. The van der Waals surface area contributed by atoms with Gasteiger partial charge in [0.2, 0.25) is 5.28 Å². The summed E-state index contributed by atoms with van der Waals surface area (Å²) in [7, 11) is 0. The highest BCUT2D eigenvalue weighted by molar-refractivity contribution is 6.28. The Morgan fingerprint density at radius 3 is 2.89 bits per heavy atom. The van der Waals surface area contributed by atoms with Crippen LogP contribution >= 0.6 is 11.6 Å². The summed E-state index contributed by atoms with van der Waals surface area (Å²) in [5.74, 6) is 0.0859. The van der Waals surface area contributed by atoms with Crippen molar-refractivity contribution in [3.05, 3.63) is 47.5 Å². The summed E-state index contributed by atoms with van der Waals surface area (Å²) in [5.41, 5.74) is 1.68. The number of H-pyrrole nitrogens is 1. The molecule has 6 heteroatoms. The van der Waals surface area contributed by atoms with Crippen molar-refractivity contribution in [1.82, 2.24) is 9.97 Å². The van der Waals surface area contributed by atoms with E-state index in [1.54, 1.807) is 18.2 Å². The minimum absolute atomic E-state index is 0.0781. The smallest absolute Gasteiger partial charge is 0.202 e. The zero-order valence-electron chi connectivity index (χ0n) is 9.61. The molecule has 1 aromatic rings. The van der Waals surface area contributed by atoms with Crippen LogP contribution in [0.4, 0.5) is 15.9 Å². The van der Waals surface area contributed by atoms with Crippen LogP contribution in [0.25, 0.3) is 11.3 Å². The number of aromatic nitrogens is 2. The minimum atomic E-state index is -0.360. The molecule has 0 aromatic heterocycles. The molecule has 1 heterocycles. The molecular weight excluding hydrogens is 269 g/mol. The lowest BCUT2D eigenvalue weighted by atomic mass is 10.2. The predicted molar refractivity (Wildman–Crippen MR) is 71.6 cm³/mol. The van der Waals surface area contributed by atoms with Gasteiger partial charge in [0.25, 0.3) is 0 Å². The van der Waals surface area contributed by atoms with E-state index in [4.69, 9.17) is 11.6 Å². The van der Waals surface area contributed by atoms with Crippen LogP contribution in [0.2, 0.25) is 5.28 Å². The molecule has 0 saturated carbocycles. The molecule has 1 aliphatic carbocycles. The van der Waals surface area contributed by atoms with Crippen molar-refractivity contribution in [2.45, 2.75) is 0 Å². The van der Waals surface area contributed by atoms with E-state index < -0.39 is 0 Å². The van der Waals surface area contributed by atoms with Crippen molar-refractivity contribution < 1.29 is 9.50 Å². The van der Waals surface area contributed by atoms with Crippen molar-refractivity contribution >= 4 is 23.1 Å². The lowest BCUT2D eigenvalue weighted by Crippen LogP contribution is -1.99. The highest BCUT2D eigenvalue weighted by atomic mass is 35.5. The van der Waals surface area contributed by atoms with E-state index in [-0.39, 0.29) is 16.9 Å². The number of aromatic hydroxyl groups is 1. The Balaban J connectivity index is 2.08. The van der Waals surface area contributed by atoms with Crippen LogP contribution in [0, 0.1) is 5.82 Å². The van der Waals surface area contributed by atoms with Crippen LogP contribution in [0.15, 0.2) is 36.4 Å². The quantitative estimate of drug-likeness (QED) is 0.625. The first-order valence-corrected chi connectivity index (χ1v) is 5.91. The maximum Gasteiger partial charge on any atom is 0.202 e. The Kier molecular flexibility index (Phi) is 2.76. The normalized spacial score (nSPS) is 10.8. The Bertz CT molecular complexity index is 713. The van der Waals surface area contributed by atoms with E-state index in [1.807, 2.05) is 0 Å². The van der Waals surface area contributed by atoms with Crippen molar-refractivity contribution in [2.75, 3.05) is 5.32 Å². The van der Waals surface area contributed by atoms with Crippen LogP contribution in [0.1, 0.15) is 0 Å². The fourth-order valence-corrected chi connectivity index (χ4v) is 2.09. The molecule has 0 amide bonds. The van der Waals surface area contributed by atoms with Crippen LogP contribution < -0.4 is 5.32 Å². The van der Waals surface area contributed by atoms with E-state index in [9.17, 15) is 9.50 Å². The second kappa shape index (κ2) is 4.44. The molecule has 0 fully saturated rings. The Hall–Kier alpha value is -2.27. The van der Waals surface area contributed by atoms with Gasteiger partial charge in [0.15, 0.2) is 0 Å². The predicted octanol–water partition coefficient (Wildman–Crippen LogP) is 3.76. The summed E-state index contributed by atoms with van der Waals surface area (Å²) in [5, 5.41) is 12.9. The second-order valence-corrected chi connectivity index (χ2v) is 4.38. The van der Waals surface area contributed by atoms with Crippen molar-refractivity contribution in [3.63, 3.8) is 0 Å². The summed E-state index contributed by atoms with van der Waals surface area (Å²) >= 11 is 5.87. The van der Waals surface area contributed by atoms with E-state index in [0.717, 1.165) is 0 Å². The molecule has 4 nitrogen and oxygen atoms in total. The molecule has 1 aliphatic heterocycles. The standard InChI is InChI=1S/C13H9ClFN3O/c14-13-17-9-4-5-10(19)11(9)12(18-13)16-8-3-1-2-7(15)6-8/h1-6,16,19H,(H,17,18). The van der Waals surface area contributed by atoms with Crippen LogP contribution in [-0.4, -0.2) is 15.1 Å². The number of halogens is 2. The van der Waals surface area contributed by atoms with Gasteiger partial charge in [-0.15, -0.1) is 0 Å². The molecule has 0 bridgehead atoms. The first-order valence-electron chi connectivity index (χ1n) is 5.53. The van der Waals surface area contributed by atoms with Gasteiger partial charge in [-0.2, -0.15) is 0 Å². The molecule has 3 rings (SSSR count). The summed E-state index contributed by atoms with van der Waals surface area (Å²) in [4.78, 5) is 6.90. The molecule has 1 aromatic carbocycles. The Morgan fingerprint density at radius 2 is 2.11 bits per heavy atom. The van der Waals surface area contributed by atoms with E-state index >= 15 is 0 Å². The van der Waals surface area contributed by atoms with Crippen molar-refractivity contribution in [3.8, 4) is 17.0 Å². The zero-order valence-corrected chi connectivity index (χ0v) is 10.4. The molecule has 19 heavy (non-hydrogen) atoms. The molecule has 0 radical (unpaired) electrons. The second-order valence-electron chi connectivity index (χ2n) is 4.02. The number of anilines is 2. The number of nitrogens with zero attached hydrogens (tertiary/aromatic N) is 1. The number of benzene rings is 1. The maximum absolute atomic E-state index is 13.1. The third kappa shape index (κ3) is 2.20. The zero-order chi connectivity index (χ0) is 13.4. The Labute approximate surface area is 113 Å². The first-order chi connectivity index (χ1) is 9.13. The van der Waals surface area contributed by atoms with E-state index in [0.29, 0.717) is 22.8 Å². The van der Waals surface area contributed by atoms with Gasteiger partial charge in [0.05, 0.1) is 11.3 Å². The van der Waals surface area contributed by atoms with Crippen molar-refractivity contribution in [2.24, 2.45) is 0 Å². The largest absolute Gasteiger partial charge is 0.507 e. The highest BCUT2D eigenvalue weighted by Crippen LogP contribution is 2.38. The minimum Gasteiger partial charge on any atom is -0.507 e. The molecule has 3 N–H and O–H groups in total. The molecule has 96 valence electrons. The lowest BCUT2D eigenvalue weighted by molar-refractivity contribution is 0.479. The van der Waals surface area contributed by atoms with Gasteiger partial charge < -0.3 is 15.4 Å². The third-order valence-corrected chi connectivity index (χ3v) is 2.88. The highest BCUT2D eigenvalue weighted by Gasteiger charge is 2.17. The summed E-state index contributed by atoms with van der Waals surface area (Å²) in [6.45, 7) is 0. The topological polar surface area (TPSA) is 60.9 Å². The van der Waals surface area contributed by atoms with E-state index in [2.05, 4.69) is 15.3 Å². The number of rotatable bonds is 2. The van der Waals surface area contributed by atoms with Crippen LogP contribution in [-0.2, 0) is 0 Å². The number of hydrogen-bond donors (Lipinski definition) is 3. The van der Waals surface area contributed by atoms with Gasteiger partial charge >= 0.3 is 0 Å². The van der Waals surface area contributed by atoms with Gasteiger partial charge in [-0.1, -0.05) is 6.07 Å². The van der Waals surface area contributed by atoms with Gasteiger partial charge in [0.1, 0.15) is 17.4 Å². The van der Waals surface area contributed by atoms with Gasteiger partial charge in [0, 0.05) is 5.69 Å². The summed E-state index contributed by atoms with van der Waals surface area (Å²) < 4.78 is 13.1. The monoisotopic (exact) mass is 277 g/mol. The number of hydrogen-bond acceptors (Lipinski definition) is 3. The summed E-state index contributed by atoms with van der Waals surface area (Å²) in [6.07, 6.45) is 0. The number of aromatic amines is 1. The molecule has 2 aliphatic rings. The maximum atomic E-state index is 13.1. The fraction of sp³-hybridized carbons (Fsp3) is 0. The van der Waals surface area contributed by atoms with Crippen LogP contribution in [0.5, 0.6) is 5.75 Å². The van der Waals surface area contributed by atoms with Gasteiger partial charge in [-0.25, -0.2) is 9.37 Å². The third-order valence-electron chi connectivity index (χ3n) is 2.71. The molecule has 0 unspecified atom stereocenters. The summed E-state index contributed by atoms with van der Waals surface area (Å²) in [6, 6.07) is 9.18. The molecule has 0 saturated heterocycles. The van der Waals surface area contributed by atoms with Crippen LogP contribution in [0.3, 0.4) is 0 Å². The molecular formula is C13H9ClFN3O. The van der Waals surface area contributed by atoms with Gasteiger partial charge in [-0.05, 0) is 41.9 Å².